The van der Waals surface area contributed by atoms with Crippen molar-refractivity contribution in [2.75, 3.05) is 18.0 Å². The topological polar surface area (TPSA) is 64.5 Å². The first-order chi connectivity index (χ1) is 12.2. The van der Waals surface area contributed by atoms with E-state index >= 15 is 0 Å². The minimum atomic E-state index is -0.680. The van der Waals surface area contributed by atoms with E-state index in [1.54, 1.807) is 4.57 Å². The Morgan fingerprint density at radius 3 is 2.72 bits per heavy atom. The smallest absolute Gasteiger partial charge is 0.326 e. The van der Waals surface area contributed by atoms with Crippen LogP contribution in [0.5, 0.6) is 0 Å². The van der Waals surface area contributed by atoms with Gasteiger partial charge in [0.15, 0.2) is 6.35 Å². The lowest BCUT2D eigenvalue weighted by atomic mass is 10.1. The van der Waals surface area contributed by atoms with Gasteiger partial charge in [-0.1, -0.05) is 30.3 Å². The molecule has 0 fully saturated rings. The molecule has 0 saturated carbocycles. The van der Waals surface area contributed by atoms with Crippen molar-refractivity contribution in [1.29, 1.82) is 0 Å². The summed E-state index contributed by atoms with van der Waals surface area (Å²) in [5.74, 6) is 0. The molecule has 0 spiro atoms. The van der Waals surface area contributed by atoms with E-state index in [2.05, 4.69) is 11.1 Å². The standard InChI is InChI=1S/C19H22N4O2/c1-2-22-16-9-5-3-7-14(16)13-21(19(22)25)11-12-23-17-10-6-4-8-15(17)20-18(23)24/h3-10,19,25H,2,11-13H2,1H3,(H,20,24). The largest absolute Gasteiger partial charge is 0.361 e. The molecule has 0 aliphatic carbocycles. The molecule has 3 aromatic rings. The van der Waals surface area contributed by atoms with Gasteiger partial charge in [-0.25, -0.2) is 4.79 Å². The molecule has 6 heteroatoms. The zero-order valence-corrected chi connectivity index (χ0v) is 14.2. The third-order valence-corrected chi connectivity index (χ3v) is 4.91. The molecule has 1 aliphatic rings. The number of H-pyrrole nitrogens is 1. The molecule has 2 N–H and O–H groups in total. The lowest BCUT2D eigenvalue weighted by Gasteiger charge is -2.42. The molecule has 1 atom stereocenters. The van der Waals surface area contributed by atoms with E-state index in [9.17, 15) is 9.90 Å². The number of rotatable bonds is 4. The Bertz CT molecular complexity index is 946. The van der Waals surface area contributed by atoms with Crippen LogP contribution < -0.4 is 10.6 Å². The highest BCUT2D eigenvalue weighted by atomic mass is 16.3. The number of aromatic nitrogens is 2. The fourth-order valence-electron chi connectivity index (χ4n) is 3.63. The summed E-state index contributed by atoms with van der Waals surface area (Å²) in [6, 6.07) is 15.8. The Labute approximate surface area is 145 Å². The monoisotopic (exact) mass is 338 g/mol. The second-order valence-electron chi connectivity index (χ2n) is 6.33. The van der Waals surface area contributed by atoms with Gasteiger partial charge in [-0.3, -0.25) is 9.47 Å². The van der Waals surface area contributed by atoms with Gasteiger partial charge < -0.3 is 15.0 Å². The predicted octanol–water partition coefficient (Wildman–Crippen LogP) is 1.95. The number of nitrogens with one attached hydrogen (secondary N) is 1. The molecule has 4 rings (SSSR count). The fourth-order valence-corrected chi connectivity index (χ4v) is 3.63. The van der Waals surface area contributed by atoms with E-state index in [-0.39, 0.29) is 5.69 Å². The quantitative estimate of drug-likeness (QED) is 0.763. The van der Waals surface area contributed by atoms with Crippen LogP contribution in [0, 0.1) is 0 Å². The van der Waals surface area contributed by atoms with Crippen LogP contribution in [-0.2, 0) is 13.1 Å². The number of aromatic amines is 1. The molecular formula is C19H22N4O2. The van der Waals surface area contributed by atoms with Gasteiger partial charge in [0.25, 0.3) is 0 Å². The van der Waals surface area contributed by atoms with Crippen LogP contribution in [0.3, 0.4) is 0 Å². The van der Waals surface area contributed by atoms with Crippen molar-refractivity contribution in [1.82, 2.24) is 14.5 Å². The van der Waals surface area contributed by atoms with Crippen LogP contribution in [0.4, 0.5) is 5.69 Å². The molecule has 1 aromatic heterocycles. The van der Waals surface area contributed by atoms with Crippen LogP contribution in [0.15, 0.2) is 53.3 Å². The third kappa shape index (κ3) is 2.73. The Hall–Kier alpha value is -2.57. The summed E-state index contributed by atoms with van der Waals surface area (Å²) in [5.41, 5.74) is 3.90. The Morgan fingerprint density at radius 2 is 1.88 bits per heavy atom. The number of aliphatic hydroxyl groups is 1. The number of aliphatic hydroxyl groups excluding tert-OH is 1. The van der Waals surface area contributed by atoms with Gasteiger partial charge in [0.1, 0.15) is 0 Å². The maximum Gasteiger partial charge on any atom is 0.326 e. The number of anilines is 1. The van der Waals surface area contributed by atoms with Crippen LogP contribution in [0.1, 0.15) is 12.5 Å². The number of hydrogen-bond acceptors (Lipinski definition) is 4. The number of fused-ring (bicyclic) bond motifs is 2. The van der Waals surface area contributed by atoms with Crippen molar-refractivity contribution in [3.63, 3.8) is 0 Å². The van der Waals surface area contributed by atoms with E-state index in [1.165, 1.54) is 5.56 Å². The summed E-state index contributed by atoms with van der Waals surface area (Å²) < 4.78 is 1.73. The van der Waals surface area contributed by atoms with Gasteiger partial charge in [0.05, 0.1) is 11.0 Å². The molecule has 1 unspecified atom stereocenters. The van der Waals surface area contributed by atoms with Crippen molar-refractivity contribution in [2.24, 2.45) is 0 Å². The van der Waals surface area contributed by atoms with Gasteiger partial charge in [-0.05, 0) is 30.7 Å². The minimum Gasteiger partial charge on any atom is -0.361 e. The Kier molecular flexibility index (Phi) is 4.07. The van der Waals surface area contributed by atoms with Gasteiger partial charge in [0.2, 0.25) is 0 Å². The molecule has 0 amide bonds. The zero-order valence-electron chi connectivity index (χ0n) is 14.2. The summed E-state index contributed by atoms with van der Waals surface area (Å²) in [6.45, 7) is 4.55. The first-order valence-electron chi connectivity index (χ1n) is 8.63. The van der Waals surface area contributed by atoms with Gasteiger partial charge >= 0.3 is 5.69 Å². The summed E-state index contributed by atoms with van der Waals surface area (Å²) in [5, 5.41) is 10.7. The normalized spacial score (nSPS) is 17.8. The molecule has 25 heavy (non-hydrogen) atoms. The van der Waals surface area contributed by atoms with E-state index in [4.69, 9.17) is 0 Å². The van der Waals surface area contributed by atoms with Crippen molar-refractivity contribution >= 4 is 16.7 Å². The molecule has 2 heterocycles. The number of para-hydroxylation sites is 3. The average molecular weight is 338 g/mol. The lowest BCUT2D eigenvalue weighted by Crippen LogP contribution is -2.52. The Morgan fingerprint density at radius 1 is 1.12 bits per heavy atom. The van der Waals surface area contributed by atoms with Crippen molar-refractivity contribution < 1.29 is 5.11 Å². The van der Waals surface area contributed by atoms with Gasteiger partial charge in [-0.15, -0.1) is 0 Å². The van der Waals surface area contributed by atoms with Crippen molar-refractivity contribution in [2.45, 2.75) is 26.4 Å². The van der Waals surface area contributed by atoms with Crippen LogP contribution in [0.2, 0.25) is 0 Å². The number of imidazole rings is 1. The average Bonchev–Trinajstić information content (AvgIpc) is 2.95. The number of hydrogen-bond donors (Lipinski definition) is 2. The Balaban J connectivity index is 1.59. The second-order valence-corrected chi connectivity index (χ2v) is 6.33. The third-order valence-electron chi connectivity index (χ3n) is 4.91. The molecule has 6 nitrogen and oxygen atoms in total. The molecule has 130 valence electrons. The highest BCUT2D eigenvalue weighted by Gasteiger charge is 2.29. The first-order valence-corrected chi connectivity index (χ1v) is 8.63. The second kappa shape index (κ2) is 6.38. The summed E-state index contributed by atoms with van der Waals surface area (Å²) in [6.07, 6.45) is -0.680. The molecule has 0 radical (unpaired) electrons. The van der Waals surface area contributed by atoms with Gasteiger partial charge in [-0.2, -0.15) is 0 Å². The maximum absolute atomic E-state index is 12.2. The number of nitrogens with zero attached hydrogens (tertiary/aromatic N) is 3. The van der Waals surface area contributed by atoms with E-state index in [1.807, 2.05) is 59.2 Å². The van der Waals surface area contributed by atoms with E-state index in [0.29, 0.717) is 19.6 Å². The van der Waals surface area contributed by atoms with Crippen LogP contribution >= 0.6 is 0 Å². The van der Waals surface area contributed by atoms with Crippen molar-refractivity contribution in [3.8, 4) is 0 Å². The van der Waals surface area contributed by atoms with Crippen LogP contribution in [-0.4, -0.2) is 39.0 Å². The molecule has 2 aromatic carbocycles. The molecule has 0 saturated heterocycles. The highest BCUT2D eigenvalue weighted by Crippen LogP contribution is 2.29. The summed E-state index contributed by atoms with van der Waals surface area (Å²) in [7, 11) is 0. The number of benzene rings is 2. The summed E-state index contributed by atoms with van der Waals surface area (Å²) >= 11 is 0. The maximum atomic E-state index is 12.2. The highest BCUT2D eigenvalue weighted by molar-refractivity contribution is 5.74. The first kappa shape index (κ1) is 15.9. The molecule has 0 bridgehead atoms. The predicted molar refractivity (Wildman–Crippen MR) is 98.4 cm³/mol. The minimum absolute atomic E-state index is 0.111. The van der Waals surface area contributed by atoms with Crippen LogP contribution in [0.25, 0.3) is 11.0 Å². The molecular weight excluding hydrogens is 316 g/mol. The molecule has 1 aliphatic heterocycles. The van der Waals surface area contributed by atoms with E-state index in [0.717, 1.165) is 23.3 Å². The fraction of sp³-hybridized carbons (Fsp3) is 0.316. The van der Waals surface area contributed by atoms with E-state index < -0.39 is 6.35 Å². The SMILES string of the molecule is CCN1c2ccccc2CN(CCn2c(=O)[nH]c3ccccc32)C1O. The lowest BCUT2D eigenvalue weighted by molar-refractivity contribution is -0.0127. The van der Waals surface area contributed by atoms with Crippen molar-refractivity contribution in [3.05, 3.63) is 64.6 Å². The summed E-state index contributed by atoms with van der Waals surface area (Å²) in [4.78, 5) is 19.1. The zero-order chi connectivity index (χ0) is 17.4. The van der Waals surface area contributed by atoms with Gasteiger partial charge in [0, 0.05) is 31.9 Å².